The number of hydrogen-bond acceptors (Lipinski definition) is 2. The van der Waals surface area contributed by atoms with Gasteiger partial charge in [0.15, 0.2) is 0 Å². The Bertz CT molecular complexity index is 348. The van der Waals surface area contributed by atoms with Gasteiger partial charge in [0.05, 0.1) is 0 Å². The molecule has 0 spiro atoms. The zero-order valence-electron chi connectivity index (χ0n) is 10.5. The van der Waals surface area contributed by atoms with Crippen molar-refractivity contribution in [2.45, 2.75) is 19.4 Å². The Hall–Kier alpha value is -0.380. The third kappa shape index (κ3) is 4.41. The molecule has 1 atom stereocenters. The predicted octanol–water partition coefficient (Wildman–Crippen LogP) is 2.88. The molecule has 0 aliphatic carbocycles. The van der Waals surface area contributed by atoms with Gasteiger partial charge in [-0.2, -0.15) is 0 Å². The molecule has 1 aliphatic rings. The highest BCUT2D eigenvalue weighted by molar-refractivity contribution is 9.10. The zero-order chi connectivity index (χ0) is 12.1. The molecule has 1 heterocycles. The van der Waals surface area contributed by atoms with Crippen molar-refractivity contribution in [3.8, 4) is 0 Å². The smallest absolute Gasteiger partial charge is 0.0231 e. The molecule has 17 heavy (non-hydrogen) atoms. The Kier molecular flexibility index (Phi) is 5.01. The number of halogens is 1. The van der Waals surface area contributed by atoms with E-state index in [1.807, 2.05) is 0 Å². The molecule has 0 bridgehead atoms. The molecule has 1 saturated heterocycles. The molecular weight excluding hydrogens is 276 g/mol. The fraction of sp³-hybridized carbons (Fsp3) is 0.571. The monoisotopic (exact) mass is 296 g/mol. The van der Waals surface area contributed by atoms with Gasteiger partial charge in [-0.1, -0.05) is 28.1 Å². The number of rotatable bonds is 4. The molecule has 1 aliphatic heterocycles. The summed E-state index contributed by atoms with van der Waals surface area (Å²) in [6.45, 7) is 4.62. The topological polar surface area (TPSA) is 15.3 Å². The summed E-state index contributed by atoms with van der Waals surface area (Å²) >= 11 is 3.52. The van der Waals surface area contributed by atoms with E-state index in [0.29, 0.717) is 0 Å². The maximum atomic E-state index is 3.52. The van der Waals surface area contributed by atoms with Crippen molar-refractivity contribution in [3.05, 3.63) is 34.3 Å². The van der Waals surface area contributed by atoms with Crippen molar-refractivity contribution < 1.29 is 0 Å². The minimum Gasteiger partial charge on any atom is -0.316 e. The second-order valence-corrected chi connectivity index (χ2v) is 5.95. The summed E-state index contributed by atoms with van der Waals surface area (Å²) in [6.07, 6.45) is 2.70. The van der Waals surface area contributed by atoms with Gasteiger partial charge in [-0.05, 0) is 56.6 Å². The van der Waals surface area contributed by atoms with Crippen LogP contribution in [-0.4, -0.2) is 31.6 Å². The van der Waals surface area contributed by atoms with Gasteiger partial charge in [0, 0.05) is 17.6 Å². The van der Waals surface area contributed by atoms with Crippen LogP contribution in [0.25, 0.3) is 0 Å². The first-order valence-corrected chi connectivity index (χ1v) is 7.17. The Morgan fingerprint density at radius 1 is 1.47 bits per heavy atom. The Morgan fingerprint density at radius 3 is 3.06 bits per heavy atom. The summed E-state index contributed by atoms with van der Waals surface area (Å²) in [5.74, 6) is 0.820. The van der Waals surface area contributed by atoms with Crippen molar-refractivity contribution in [2.24, 2.45) is 5.92 Å². The lowest BCUT2D eigenvalue weighted by atomic mass is 9.99. The van der Waals surface area contributed by atoms with Crippen LogP contribution < -0.4 is 5.32 Å². The number of nitrogens with one attached hydrogen (secondary N) is 1. The molecule has 0 saturated carbocycles. The van der Waals surface area contributed by atoms with Gasteiger partial charge in [-0.3, -0.25) is 0 Å². The van der Waals surface area contributed by atoms with E-state index in [4.69, 9.17) is 0 Å². The number of piperidine rings is 1. The SMILES string of the molecule is CN(Cc1cccc(Br)c1)CC1CCCNC1. The molecule has 2 nitrogen and oxygen atoms in total. The molecule has 1 unspecified atom stereocenters. The van der Waals surface area contributed by atoms with E-state index < -0.39 is 0 Å². The molecule has 0 aromatic heterocycles. The summed E-state index contributed by atoms with van der Waals surface area (Å²) in [6, 6.07) is 8.58. The van der Waals surface area contributed by atoms with Gasteiger partial charge < -0.3 is 10.2 Å². The number of nitrogens with zero attached hydrogens (tertiary/aromatic N) is 1. The van der Waals surface area contributed by atoms with E-state index >= 15 is 0 Å². The third-order valence-corrected chi connectivity index (χ3v) is 3.80. The summed E-state index contributed by atoms with van der Waals surface area (Å²) < 4.78 is 1.17. The second-order valence-electron chi connectivity index (χ2n) is 5.04. The molecule has 1 aromatic carbocycles. The molecule has 94 valence electrons. The van der Waals surface area contributed by atoms with Crippen LogP contribution in [0.3, 0.4) is 0 Å². The van der Waals surface area contributed by atoms with E-state index in [-0.39, 0.29) is 0 Å². The fourth-order valence-corrected chi connectivity index (χ4v) is 2.98. The molecule has 2 rings (SSSR count). The van der Waals surface area contributed by atoms with Crippen LogP contribution in [0.1, 0.15) is 18.4 Å². The fourth-order valence-electron chi connectivity index (χ4n) is 2.53. The maximum Gasteiger partial charge on any atom is 0.0231 e. The van der Waals surface area contributed by atoms with Gasteiger partial charge in [0.2, 0.25) is 0 Å². The first-order valence-electron chi connectivity index (χ1n) is 6.38. The maximum absolute atomic E-state index is 3.52. The lowest BCUT2D eigenvalue weighted by Gasteiger charge is -2.27. The quantitative estimate of drug-likeness (QED) is 0.919. The Morgan fingerprint density at radius 2 is 2.35 bits per heavy atom. The molecule has 1 aromatic rings. The normalized spacial score (nSPS) is 20.8. The van der Waals surface area contributed by atoms with Crippen LogP contribution in [-0.2, 0) is 6.54 Å². The van der Waals surface area contributed by atoms with E-state index in [0.717, 1.165) is 12.5 Å². The minimum atomic E-state index is 0.820. The highest BCUT2D eigenvalue weighted by atomic mass is 79.9. The van der Waals surface area contributed by atoms with E-state index in [1.165, 1.54) is 42.5 Å². The van der Waals surface area contributed by atoms with Gasteiger partial charge in [0.25, 0.3) is 0 Å². The molecule has 0 radical (unpaired) electrons. The molecule has 1 fully saturated rings. The average molecular weight is 297 g/mol. The van der Waals surface area contributed by atoms with Crippen LogP contribution in [0.15, 0.2) is 28.7 Å². The summed E-state index contributed by atoms with van der Waals surface area (Å²) in [4.78, 5) is 2.43. The summed E-state index contributed by atoms with van der Waals surface area (Å²) in [7, 11) is 2.22. The zero-order valence-corrected chi connectivity index (χ0v) is 12.0. The largest absolute Gasteiger partial charge is 0.316 e. The molecular formula is C14H21BrN2. The summed E-state index contributed by atoms with van der Waals surface area (Å²) in [5, 5.41) is 3.48. The van der Waals surface area contributed by atoms with Crippen LogP contribution >= 0.6 is 15.9 Å². The van der Waals surface area contributed by atoms with Crippen molar-refractivity contribution in [1.82, 2.24) is 10.2 Å². The average Bonchev–Trinajstić information content (AvgIpc) is 2.30. The Balaban J connectivity index is 1.82. The minimum absolute atomic E-state index is 0.820. The number of benzene rings is 1. The lowest BCUT2D eigenvalue weighted by Crippen LogP contribution is -2.36. The standard InChI is InChI=1S/C14H21BrN2/c1-17(11-13-5-3-7-16-9-13)10-12-4-2-6-14(15)8-12/h2,4,6,8,13,16H,3,5,7,9-11H2,1H3. The van der Waals surface area contributed by atoms with E-state index in [1.54, 1.807) is 0 Å². The van der Waals surface area contributed by atoms with Gasteiger partial charge in [-0.15, -0.1) is 0 Å². The van der Waals surface area contributed by atoms with Crippen LogP contribution in [0.2, 0.25) is 0 Å². The van der Waals surface area contributed by atoms with Crippen molar-refractivity contribution in [1.29, 1.82) is 0 Å². The Labute approximate surface area is 113 Å². The predicted molar refractivity (Wildman–Crippen MR) is 76.1 cm³/mol. The van der Waals surface area contributed by atoms with Gasteiger partial charge in [-0.25, -0.2) is 0 Å². The van der Waals surface area contributed by atoms with Gasteiger partial charge >= 0.3 is 0 Å². The molecule has 3 heteroatoms. The van der Waals surface area contributed by atoms with Crippen LogP contribution in [0.5, 0.6) is 0 Å². The van der Waals surface area contributed by atoms with Crippen molar-refractivity contribution in [2.75, 3.05) is 26.7 Å². The first kappa shape index (κ1) is 13.1. The van der Waals surface area contributed by atoms with Crippen LogP contribution in [0.4, 0.5) is 0 Å². The summed E-state index contributed by atoms with van der Waals surface area (Å²) in [5.41, 5.74) is 1.38. The van der Waals surface area contributed by atoms with E-state index in [9.17, 15) is 0 Å². The second kappa shape index (κ2) is 6.53. The third-order valence-electron chi connectivity index (χ3n) is 3.31. The van der Waals surface area contributed by atoms with Crippen molar-refractivity contribution >= 4 is 15.9 Å². The first-order chi connectivity index (χ1) is 8.24. The van der Waals surface area contributed by atoms with Crippen LogP contribution in [0, 0.1) is 5.92 Å². The number of hydrogen-bond donors (Lipinski definition) is 1. The lowest BCUT2D eigenvalue weighted by molar-refractivity contribution is 0.237. The van der Waals surface area contributed by atoms with E-state index in [2.05, 4.69) is 57.5 Å². The molecule has 1 N–H and O–H groups in total. The van der Waals surface area contributed by atoms with Gasteiger partial charge in [0.1, 0.15) is 0 Å². The highest BCUT2D eigenvalue weighted by Crippen LogP contribution is 2.15. The molecule has 0 amide bonds. The highest BCUT2D eigenvalue weighted by Gasteiger charge is 2.14. The van der Waals surface area contributed by atoms with Crippen molar-refractivity contribution in [3.63, 3.8) is 0 Å².